The lowest BCUT2D eigenvalue weighted by Gasteiger charge is -2.23. The van der Waals surface area contributed by atoms with Crippen molar-refractivity contribution < 1.29 is 4.79 Å². The number of aromatic nitrogens is 1. The molecule has 154 valence electrons. The minimum Gasteiger partial charge on any atom is -0.338 e. The molecule has 2 aromatic carbocycles. The highest BCUT2D eigenvalue weighted by atomic mass is 16.2. The summed E-state index contributed by atoms with van der Waals surface area (Å²) in [7, 11) is 0. The quantitative estimate of drug-likeness (QED) is 0.714. The lowest BCUT2D eigenvalue weighted by molar-refractivity contribution is 0.0774. The highest BCUT2D eigenvalue weighted by molar-refractivity contribution is 5.98. The van der Waals surface area contributed by atoms with Crippen molar-refractivity contribution in [3.05, 3.63) is 78.0 Å². The fraction of sp³-hybridized carbons (Fsp3) is 0.360. The van der Waals surface area contributed by atoms with Crippen LogP contribution in [0.5, 0.6) is 0 Å². The lowest BCUT2D eigenvalue weighted by atomic mass is 10.0. The summed E-state index contributed by atoms with van der Waals surface area (Å²) < 4.78 is 0. The fourth-order valence-electron chi connectivity index (χ4n) is 5.02. The third-order valence-corrected chi connectivity index (χ3v) is 6.68. The van der Waals surface area contributed by atoms with Crippen LogP contribution < -0.4 is 5.73 Å². The second-order valence-electron chi connectivity index (χ2n) is 8.71. The van der Waals surface area contributed by atoms with Gasteiger partial charge in [-0.05, 0) is 54.6 Å². The number of hydrogen-bond donors (Lipinski definition) is 1. The molecule has 0 spiro atoms. The Hall–Kier alpha value is -2.76. The summed E-state index contributed by atoms with van der Waals surface area (Å²) in [6.45, 7) is 4.87. The van der Waals surface area contributed by atoms with Gasteiger partial charge in [-0.15, -0.1) is 0 Å². The molecular weight excluding hydrogens is 372 g/mol. The molecule has 0 saturated carbocycles. The zero-order chi connectivity index (χ0) is 20.5. The van der Waals surface area contributed by atoms with Crippen molar-refractivity contribution >= 4 is 16.8 Å². The van der Waals surface area contributed by atoms with E-state index in [2.05, 4.69) is 22.0 Å². The molecule has 2 N–H and O–H groups in total. The first kappa shape index (κ1) is 19.2. The first-order chi connectivity index (χ1) is 14.7. The number of fused-ring (bicyclic) bond motifs is 2. The Bertz CT molecular complexity index is 1020. The van der Waals surface area contributed by atoms with Gasteiger partial charge in [0.05, 0.1) is 5.52 Å². The molecule has 3 atom stereocenters. The van der Waals surface area contributed by atoms with Crippen molar-refractivity contribution in [1.82, 2.24) is 14.8 Å². The van der Waals surface area contributed by atoms with Gasteiger partial charge in [-0.3, -0.25) is 9.78 Å². The summed E-state index contributed by atoms with van der Waals surface area (Å²) in [4.78, 5) is 22.0. The number of nitrogens with two attached hydrogens (primary N) is 1. The smallest absolute Gasteiger partial charge is 0.253 e. The van der Waals surface area contributed by atoms with Crippen molar-refractivity contribution in [1.29, 1.82) is 0 Å². The third-order valence-electron chi connectivity index (χ3n) is 6.68. The summed E-state index contributed by atoms with van der Waals surface area (Å²) in [5.74, 6) is 1.29. The van der Waals surface area contributed by atoms with Crippen molar-refractivity contribution in [2.45, 2.75) is 12.5 Å². The summed E-state index contributed by atoms with van der Waals surface area (Å²) in [6.07, 6.45) is 2.75. The average molecular weight is 401 g/mol. The van der Waals surface area contributed by atoms with Crippen LogP contribution in [0.2, 0.25) is 0 Å². The lowest BCUT2D eigenvalue weighted by Crippen LogP contribution is -2.34. The molecule has 30 heavy (non-hydrogen) atoms. The topological polar surface area (TPSA) is 62.5 Å². The number of nitrogens with zero attached hydrogens (tertiary/aromatic N) is 3. The first-order valence-electron chi connectivity index (χ1n) is 10.8. The van der Waals surface area contributed by atoms with E-state index in [9.17, 15) is 4.79 Å². The number of hydrogen-bond acceptors (Lipinski definition) is 4. The van der Waals surface area contributed by atoms with Crippen LogP contribution in [0.3, 0.4) is 0 Å². The molecule has 5 heteroatoms. The molecular formula is C25H28N4O. The number of carbonyl (C=O) groups is 1. The standard InChI is InChI=1S/C25H28N4O/c26-23(18-5-2-1-3-6-18)10-12-28-14-21-16-29(17-22(21)15-28)25(30)20-8-9-24-19(13-20)7-4-11-27-24/h1-9,11,13,21-23H,10,12,14-17,26H2/t21?,22?,23-/m0/s1. The second-order valence-corrected chi connectivity index (χ2v) is 8.71. The molecule has 3 heterocycles. The maximum absolute atomic E-state index is 13.1. The van der Waals surface area contributed by atoms with Crippen LogP contribution >= 0.6 is 0 Å². The van der Waals surface area contributed by atoms with Crippen LogP contribution in [-0.4, -0.2) is 53.4 Å². The SMILES string of the molecule is N[C@@H](CCN1CC2CN(C(=O)c3ccc4ncccc4c3)CC2C1)c1ccccc1. The minimum atomic E-state index is 0.0899. The van der Waals surface area contributed by atoms with E-state index in [4.69, 9.17) is 5.73 Å². The van der Waals surface area contributed by atoms with Crippen LogP contribution in [0.15, 0.2) is 66.9 Å². The highest BCUT2D eigenvalue weighted by Gasteiger charge is 2.41. The number of likely N-dealkylation sites (tertiary alicyclic amines) is 2. The van der Waals surface area contributed by atoms with Gasteiger partial charge in [0.15, 0.2) is 0 Å². The van der Waals surface area contributed by atoms with Crippen molar-refractivity contribution in [3.8, 4) is 0 Å². The summed E-state index contributed by atoms with van der Waals surface area (Å²) >= 11 is 0. The van der Waals surface area contributed by atoms with Gasteiger partial charge < -0.3 is 15.5 Å². The molecule has 2 aliphatic heterocycles. The van der Waals surface area contributed by atoms with Crippen molar-refractivity contribution in [3.63, 3.8) is 0 Å². The van der Waals surface area contributed by atoms with Crippen LogP contribution in [0.25, 0.3) is 10.9 Å². The largest absolute Gasteiger partial charge is 0.338 e. The van der Waals surface area contributed by atoms with E-state index < -0.39 is 0 Å². The van der Waals surface area contributed by atoms with Crippen LogP contribution in [0.1, 0.15) is 28.4 Å². The number of amides is 1. The van der Waals surface area contributed by atoms with Crippen LogP contribution in [0, 0.1) is 11.8 Å². The minimum absolute atomic E-state index is 0.0899. The van der Waals surface area contributed by atoms with E-state index in [0.29, 0.717) is 11.8 Å². The molecule has 2 saturated heterocycles. The Morgan fingerprint density at radius 2 is 1.77 bits per heavy atom. The normalized spacial score (nSPS) is 22.4. The van der Waals surface area contributed by atoms with E-state index >= 15 is 0 Å². The second kappa shape index (κ2) is 8.17. The Kier molecular flexibility index (Phi) is 5.23. The number of rotatable bonds is 5. The third kappa shape index (κ3) is 3.83. The number of carbonyl (C=O) groups excluding carboxylic acids is 1. The fourth-order valence-corrected chi connectivity index (χ4v) is 5.02. The zero-order valence-corrected chi connectivity index (χ0v) is 17.2. The predicted molar refractivity (Wildman–Crippen MR) is 119 cm³/mol. The highest BCUT2D eigenvalue weighted by Crippen LogP contribution is 2.32. The molecule has 5 nitrogen and oxygen atoms in total. The zero-order valence-electron chi connectivity index (χ0n) is 17.2. The summed E-state index contributed by atoms with van der Waals surface area (Å²) in [5, 5.41) is 1.02. The van der Waals surface area contributed by atoms with Crippen LogP contribution in [-0.2, 0) is 0 Å². The van der Waals surface area contributed by atoms with E-state index in [1.807, 2.05) is 53.4 Å². The molecule has 1 aromatic heterocycles. The van der Waals surface area contributed by atoms with Crippen LogP contribution in [0.4, 0.5) is 0 Å². The van der Waals surface area contributed by atoms with Gasteiger partial charge in [-0.25, -0.2) is 0 Å². The number of benzene rings is 2. The predicted octanol–water partition coefficient (Wildman–Crippen LogP) is 3.33. The number of pyridine rings is 1. The van der Waals surface area contributed by atoms with Crippen molar-refractivity contribution in [2.75, 3.05) is 32.7 Å². The Morgan fingerprint density at radius 1 is 1.00 bits per heavy atom. The van der Waals surface area contributed by atoms with E-state index in [1.165, 1.54) is 5.56 Å². The van der Waals surface area contributed by atoms with Gasteiger partial charge in [0, 0.05) is 49.4 Å². The Morgan fingerprint density at radius 3 is 2.53 bits per heavy atom. The van der Waals surface area contributed by atoms with Gasteiger partial charge in [-0.2, -0.15) is 0 Å². The average Bonchev–Trinajstić information content (AvgIpc) is 3.36. The Labute approximate surface area is 177 Å². The maximum Gasteiger partial charge on any atom is 0.253 e. The van der Waals surface area contributed by atoms with E-state index in [0.717, 1.165) is 55.6 Å². The van der Waals surface area contributed by atoms with E-state index in [-0.39, 0.29) is 11.9 Å². The molecule has 0 radical (unpaired) electrons. The van der Waals surface area contributed by atoms with Gasteiger partial charge in [0.1, 0.15) is 0 Å². The van der Waals surface area contributed by atoms with Gasteiger partial charge >= 0.3 is 0 Å². The summed E-state index contributed by atoms with van der Waals surface area (Å²) in [6, 6.07) is 20.2. The molecule has 0 bridgehead atoms. The molecule has 2 unspecified atom stereocenters. The molecule has 1 amide bonds. The first-order valence-corrected chi connectivity index (χ1v) is 10.8. The Balaban J connectivity index is 1.16. The monoisotopic (exact) mass is 400 g/mol. The maximum atomic E-state index is 13.1. The van der Waals surface area contributed by atoms with Crippen molar-refractivity contribution in [2.24, 2.45) is 17.6 Å². The molecule has 2 fully saturated rings. The van der Waals surface area contributed by atoms with Gasteiger partial charge in [0.25, 0.3) is 5.91 Å². The molecule has 0 aliphatic carbocycles. The molecule has 3 aromatic rings. The van der Waals surface area contributed by atoms with Gasteiger partial charge in [0.2, 0.25) is 0 Å². The molecule has 5 rings (SSSR count). The molecule has 2 aliphatic rings. The van der Waals surface area contributed by atoms with Gasteiger partial charge in [-0.1, -0.05) is 36.4 Å². The summed E-state index contributed by atoms with van der Waals surface area (Å²) in [5.41, 5.74) is 9.27. The van der Waals surface area contributed by atoms with E-state index in [1.54, 1.807) is 6.20 Å².